The maximum absolute atomic E-state index is 12.5. The van der Waals surface area contributed by atoms with Gasteiger partial charge in [-0.25, -0.2) is 0 Å². The quantitative estimate of drug-likeness (QED) is 0.488. The van der Waals surface area contributed by atoms with Crippen LogP contribution in [-0.4, -0.2) is 27.4 Å². The first-order chi connectivity index (χ1) is 13.7. The van der Waals surface area contributed by atoms with Gasteiger partial charge in [0, 0.05) is 60.8 Å². The van der Waals surface area contributed by atoms with E-state index in [-0.39, 0.29) is 5.91 Å². The van der Waals surface area contributed by atoms with E-state index in [2.05, 4.69) is 58.9 Å². The number of rotatable bonds is 6. The van der Waals surface area contributed by atoms with Gasteiger partial charge in [0.25, 0.3) is 0 Å². The van der Waals surface area contributed by atoms with Crippen molar-refractivity contribution in [1.82, 2.24) is 14.5 Å². The predicted molar refractivity (Wildman–Crippen MR) is 114 cm³/mol. The average molecular weight is 371 g/mol. The van der Waals surface area contributed by atoms with Crippen LogP contribution in [0.5, 0.6) is 0 Å². The Bertz CT molecular complexity index is 1110. The number of hydrogen-bond donors (Lipinski definition) is 0. The second-order valence-electron chi connectivity index (χ2n) is 7.22. The third-order valence-electron chi connectivity index (χ3n) is 5.35. The number of carbonyl (C=O) groups is 1. The van der Waals surface area contributed by atoms with Gasteiger partial charge in [-0.1, -0.05) is 30.3 Å². The second kappa shape index (κ2) is 7.85. The fraction of sp³-hybridized carbons (Fsp3) is 0.250. The molecule has 0 saturated carbocycles. The predicted octanol–water partition coefficient (Wildman–Crippen LogP) is 4.80. The number of pyridine rings is 1. The highest BCUT2D eigenvalue weighted by Crippen LogP contribution is 2.30. The molecule has 4 heteroatoms. The number of benzene rings is 2. The van der Waals surface area contributed by atoms with Crippen molar-refractivity contribution >= 4 is 27.7 Å². The minimum Gasteiger partial charge on any atom is -0.341 e. The Kier molecular flexibility index (Phi) is 5.11. The molecule has 4 rings (SSSR count). The van der Waals surface area contributed by atoms with Crippen LogP contribution in [0.25, 0.3) is 21.8 Å². The Balaban J connectivity index is 1.53. The zero-order valence-electron chi connectivity index (χ0n) is 16.4. The summed E-state index contributed by atoms with van der Waals surface area (Å²) in [4.78, 5) is 18.5. The number of aryl methyl sites for hydroxylation is 2. The first kappa shape index (κ1) is 18.2. The van der Waals surface area contributed by atoms with Crippen LogP contribution in [0.3, 0.4) is 0 Å². The lowest BCUT2D eigenvalue weighted by molar-refractivity contribution is -0.130. The summed E-state index contributed by atoms with van der Waals surface area (Å²) in [5, 5.41) is 2.53. The molecule has 0 saturated heterocycles. The summed E-state index contributed by atoms with van der Waals surface area (Å²) in [5.74, 6) is 0.153. The van der Waals surface area contributed by atoms with Crippen molar-refractivity contribution in [2.24, 2.45) is 0 Å². The minimum atomic E-state index is 0.153. The highest BCUT2D eigenvalue weighted by Gasteiger charge is 2.13. The van der Waals surface area contributed by atoms with Crippen LogP contribution in [0.15, 0.2) is 67.0 Å². The Labute approximate surface area is 165 Å². The lowest BCUT2D eigenvalue weighted by Crippen LogP contribution is -2.26. The fourth-order valence-corrected chi connectivity index (χ4v) is 3.89. The van der Waals surface area contributed by atoms with Gasteiger partial charge < -0.3 is 9.47 Å². The monoisotopic (exact) mass is 371 g/mol. The lowest BCUT2D eigenvalue weighted by Gasteiger charge is -2.17. The first-order valence-corrected chi connectivity index (χ1v) is 9.80. The molecule has 0 spiro atoms. The largest absolute Gasteiger partial charge is 0.341 e. The third-order valence-corrected chi connectivity index (χ3v) is 5.35. The summed E-state index contributed by atoms with van der Waals surface area (Å²) in [5.41, 5.74) is 4.76. The number of para-hydroxylation sites is 1. The van der Waals surface area contributed by atoms with Crippen molar-refractivity contribution in [1.29, 1.82) is 0 Å². The van der Waals surface area contributed by atoms with Crippen LogP contribution in [0.4, 0.5) is 0 Å². The van der Waals surface area contributed by atoms with Crippen molar-refractivity contribution in [2.75, 3.05) is 7.05 Å². The minimum absolute atomic E-state index is 0.153. The summed E-state index contributed by atoms with van der Waals surface area (Å²) >= 11 is 0. The molecule has 4 aromatic rings. The normalized spacial score (nSPS) is 11.2. The van der Waals surface area contributed by atoms with Crippen LogP contribution in [-0.2, 0) is 24.3 Å². The van der Waals surface area contributed by atoms with Gasteiger partial charge >= 0.3 is 0 Å². The van der Waals surface area contributed by atoms with Crippen LogP contribution in [0.2, 0.25) is 0 Å². The summed E-state index contributed by atoms with van der Waals surface area (Å²) in [7, 11) is 1.88. The topological polar surface area (TPSA) is 38.1 Å². The number of fused-ring (bicyclic) bond motifs is 3. The summed E-state index contributed by atoms with van der Waals surface area (Å²) in [6, 6.07) is 19.0. The molecule has 0 fully saturated rings. The van der Waals surface area contributed by atoms with E-state index in [0.29, 0.717) is 13.0 Å². The molecule has 0 aliphatic carbocycles. The van der Waals surface area contributed by atoms with Crippen LogP contribution >= 0.6 is 0 Å². The highest BCUT2D eigenvalue weighted by molar-refractivity contribution is 6.08. The smallest absolute Gasteiger partial charge is 0.222 e. The number of aromatic nitrogens is 2. The average Bonchev–Trinajstić information content (AvgIpc) is 3.05. The Hall–Kier alpha value is -3.14. The molecule has 0 bridgehead atoms. The Morgan fingerprint density at radius 1 is 1.00 bits per heavy atom. The molecular weight excluding hydrogens is 346 g/mol. The molecule has 0 radical (unpaired) electrons. The van der Waals surface area contributed by atoms with Crippen molar-refractivity contribution in [2.45, 2.75) is 32.9 Å². The zero-order chi connectivity index (χ0) is 19.5. The number of carbonyl (C=O) groups excluding carboxylic acids is 1. The molecule has 0 aliphatic heterocycles. The van der Waals surface area contributed by atoms with Gasteiger partial charge in [-0.05, 0) is 48.7 Å². The molecule has 1 amide bonds. The maximum atomic E-state index is 12.5. The van der Waals surface area contributed by atoms with E-state index in [1.165, 1.54) is 21.8 Å². The van der Waals surface area contributed by atoms with Gasteiger partial charge in [0.05, 0.1) is 0 Å². The zero-order valence-corrected chi connectivity index (χ0v) is 16.4. The van der Waals surface area contributed by atoms with Crippen LogP contribution in [0, 0.1) is 0 Å². The van der Waals surface area contributed by atoms with Crippen molar-refractivity contribution in [3.05, 3.63) is 78.1 Å². The van der Waals surface area contributed by atoms with E-state index in [0.717, 1.165) is 24.1 Å². The summed E-state index contributed by atoms with van der Waals surface area (Å²) in [6.07, 6.45) is 4.80. The SMILES string of the molecule is CCn1c2ccccc2c2cc(CN(C)C(=O)CCc3cccnc3)ccc21. The third kappa shape index (κ3) is 3.50. The van der Waals surface area contributed by atoms with E-state index < -0.39 is 0 Å². The lowest BCUT2D eigenvalue weighted by atomic mass is 10.1. The fourth-order valence-electron chi connectivity index (χ4n) is 3.89. The standard InChI is InChI=1S/C24H25N3O/c1-3-27-22-9-5-4-8-20(22)21-15-19(10-12-23(21)27)17-26(2)24(28)13-11-18-7-6-14-25-16-18/h4-10,12,14-16H,3,11,13,17H2,1-2H3. The van der Waals surface area contributed by atoms with Gasteiger partial charge in [0.1, 0.15) is 0 Å². The van der Waals surface area contributed by atoms with Crippen molar-refractivity contribution in [3.63, 3.8) is 0 Å². The number of hydrogen-bond acceptors (Lipinski definition) is 2. The maximum Gasteiger partial charge on any atom is 0.222 e. The van der Waals surface area contributed by atoms with Gasteiger partial charge in [-0.15, -0.1) is 0 Å². The second-order valence-corrected chi connectivity index (χ2v) is 7.22. The van der Waals surface area contributed by atoms with Crippen LogP contribution in [0.1, 0.15) is 24.5 Å². The van der Waals surface area contributed by atoms with E-state index in [1.807, 2.05) is 30.3 Å². The highest BCUT2D eigenvalue weighted by atomic mass is 16.2. The number of amides is 1. The summed E-state index contributed by atoms with van der Waals surface area (Å²) < 4.78 is 2.34. The molecule has 0 N–H and O–H groups in total. The first-order valence-electron chi connectivity index (χ1n) is 9.80. The van der Waals surface area contributed by atoms with Crippen molar-refractivity contribution in [3.8, 4) is 0 Å². The van der Waals surface area contributed by atoms with E-state index in [9.17, 15) is 4.79 Å². The Morgan fingerprint density at radius 3 is 2.61 bits per heavy atom. The van der Waals surface area contributed by atoms with Gasteiger partial charge in [-0.2, -0.15) is 0 Å². The molecular formula is C24H25N3O. The van der Waals surface area contributed by atoms with Gasteiger partial charge in [-0.3, -0.25) is 9.78 Å². The molecule has 2 aromatic carbocycles. The van der Waals surface area contributed by atoms with Gasteiger partial charge in [0.15, 0.2) is 0 Å². The molecule has 28 heavy (non-hydrogen) atoms. The van der Waals surface area contributed by atoms with E-state index in [1.54, 1.807) is 6.20 Å². The summed E-state index contributed by atoms with van der Waals surface area (Å²) in [6.45, 7) is 3.73. The molecule has 2 heterocycles. The molecule has 0 unspecified atom stereocenters. The van der Waals surface area contributed by atoms with E-state index >= 15 is 0 Å². The molecule has 142 valence electrons. The van der Waals surface area contributed by atoms with Crippen LogP contribution < -0.4 is 0 Å². The molecule has 2 aromatic heterocycles. The molecule has 0 aliphatic rings. The van der Waals surface area contributed by atoms with E-state index in [4.69, 9.17) is 0 Å². The Morgan fingerprint density at radius 2 is 1.82 bits per heavy atom. The molecule has 0 atom stereocenters. The molecule has 4 nitrogen and oxygen atoms in total. The number of nitrogens with zero attached hydrogens (tertiary/aromatic N) is 3. The van der Waals surface area contributed by atoms with Gasteiger partial charge in [0.2, 0.25) is 5.91 Å². The van der Waals surface area contributed by atoms with Crippen molar-refractivity contribution < 1.29 is 4.79 Å².